The molecule has 7 N–H and O–H groups in total. The van der Waals surface area contributed by atoms with Gasteiger partial charge in [-0.15, -0.1) is 11.3 Å². The molecule has 11 nitrogen and oxygen atoms in total. The van der Waals surface area contributed by atoms with Crippen molar-refractivity contribution >= 4 is 29.3 Å². The fourth-order valence-corrected chi connectivity index (χ4v) is 3.43. The van der Waals surface area contributed by atoms with Gasteiger partial charge in [0.25, 0.3) is 0 Å². The van der Waals surface area contributed by atoms with Crippen LogP contribution in [0.2, 0.25) is 0 Å². The monoisotopic (exact) mass is 595 g/mol. The number of nitrogens with zero attached hydrogens (tertiary/aromatic N) is 2. The molecule has 195 valence electrons. The number of hydrogen-bond donors (Lipinski definition) is 3. The maximum absolute atomic E-state index is 11.0. The van der Waals surface area contributed by atoms with Crippen molar-refractivity contribution in [3.63, 3.8) is 0 Å². The van der Waals surface area contributed by atoms with Gasteiger partial charge in [-0.3, -0.25) is 5.73 Å². The molecule has 1 heterocycles. The second-order valence-corrected chi connectivity index (χ2v) is 8.76. The van der Waals surface area contributed by atoms with Crippen LogP contribution in [0.5, 0.6) is 5.75 Å². The number of nitrogens with one attached hydrogen (secondary N) is 1. The quantitative estimate of drug-likeness (QED) is 0.226. The SMILES string of the molecule is Cc1nc(-c2ccc(OCC(C)C)c(C#N)c2)sc1C(=O)[O-].[CH3-].[NH3+]C(=O)NCCCC([NH3+])C(=O)[O-].[Y]. The van der Waals surface area contributed by atoms with E-state index in [-0.39, 0.29) is 51.0 Å². The summed E-state index contributed by atoms with van der Waals surface area (Å²) in [6.07, 6.45) is 0.978. The van der Waals surface area contributed by atoms with Crippen LogP contribution in [0.1, 0.15) is 47.6 Å². The third-order valence-electron chi connectivity index (χ3n) is 4.29. The van der Waals surface area contributed by atoms with Crippen LogP contribution in [0.25, 0.3) is 10.6 Å². The van der Waals surface area contributed by atoms with Crippen LogP contribution in [0.15, 0.2) is 18.2 Å². The van der Waals surface area contributed by atoms with Gasteiger partial charge in [-0.1, -0.05) is 13.8 Å². The Bertz CT molecular complexity index is 1050. The number of aromatic carboxylic acids is 1. The smallest absolute Gasteiger partial charge is 0.411 e. The number of carbonyl (C=O) groups excluding carboxylic acids is 3. The summed E-state index contributed by atoms with van der Waals surface area (Å²) in [4.78, 5) is 35.7. The molecule has 36 heavy (non-hydrogen) atoms. The topological polar surface area (TPSA) is 211 Å². The number of rotatable bonds is 10. The average molecular weight is 596 g/mol. The van der Waals surface area contributed by atoms with E-state index in [0.29, 0.717) is 59.5 Å². The van der Waals surface area contributed by atoms with Crippen molar-refractivity contribution < 1.29 is 73.5 Å². The van der Waals surface area contributed by atoms with Crippen molar-refractivity contribution in [3.05, 3.63) is 41.8 Å². The first-order chi connectivity index (χ1) is 16.0. The fourth-order valence-electron chi connectivity index (χ4n) is 2.54. The van der Waals surface area contributed by atoms with E-state index in [4.69, 9.17) is 4.74 Å². The van der Waals surface area contributed by atoms with Crippen LogP contribution < -0.4 is 31.7 Å². The number of carboxylic acid groups (broad SMARTS) is 2. The molecule has 2 amide bonds. The summed E-state index contributed by atoms with van der Waals surface area (Å²) in [5.41, 5.74) is 7.97. The molecule has 0 aliphatic carbocycles. The van der Waals surface area contributed by atoms with Crippen LogP contribution in [0.4, 0.5) is 4.79 Å². The maximum atomic E-state index is 11.0. The Kier molecular flexibility index (Phi) is 17.8. The van der Waals surface area contributed by atoms with Crippen molar-refractivity contribution in [1.82, 2.24) is 10.3 Å². The number of quaternary nitrogens is 2. The van der Waals surface area contributed by atoms with Crippen LogP contribution >= 0.6 is 11.3 Å². The zero-order valence-electron chi connectivity index (χ0n) is 21.0. The Morgan fingerprint density at radius 3 is 2.39 bits per heavy atom. The zero-order chi connectivity index (χ0) is 25.8. The van der Waals surface area contributed by atoms with Crippen LogP contribution in [-0.2, 0) is 37.5 Å². The number of thiazole rings is 1. The van der Waals surface area contributed by atoms with E-state index >= 15 is 0 Å². The van der Waals surface area contributed by atoms with Gasteiger partial charge in [-0.25, -0.2) is 9.78 Å². The van der Waals surface area contributed by atoms with Crippen molar-refractivity contribution in [2.75, 3.05) is 13.2 Å². The van der Waals surface area contributed by atoms with Crippen LogP contribution in [0.3, 0.4) is 0 Å². The Morgan fingerprint density at radius 1 is 1.28 bits per heavy atom. The molecular weight excluding hydrogens is 563 g/mol. The van der Waals surface area contributed by atoms with Gasteiger partial charge < -0.3 is 43.0 Å². The molecule has 0 saturated heterocycles. The number of hydrogen-bond acceptors (Lipinski definition) is 9. The number of aliphatic carboxylic acids is 1. The average Bonchev–Trinajstić information content (AvgIpc) is 3.17. The predicted molar refractivity (Wildman–Crippen MR) is 125 cm³/mol. The summed E-state index contributed by atoms with van der Waals surface area (Å²) >= 11 is 1.04. The Morgan fingerprint density at radius 2 is 1.92 bits per heavy atom. The van der Waals surface area contributed by atoms with Crippen molar-refractivity contribution in [1.29, 1.82) is 5.26 Å². The van der Waals surface area contributed by atoms with Gasteiger partial charge in [0.15, 0.2) is 0 Å². The molecule has 2 aromatic rings. The minimum Gasteiger partial charge on any atom is -0.544 e. The van der Waals surface area contributed by atoms with Gasteiger partial charge in [0, 0.05) is 51.2 Å². The molecule has 0 saturated carbocycles. The largest absolute Gasteiger partial charge is 0.544 e. The number of nitriles is 1. The standard InChI is InChI=1S/C16H16N2O3S.C6H13N3O3.CH3.Y/c1-9(2)8-21-13-5-4-11(6-12(13)7-17)15-18-10(3)14(22-15)16(19)20;7-4(5(10)11)2-1-3-9-6(8)12;;/h4-6,9H,8H2,1-3H3,(H,19,20);4H,1-3,7H2,(H,10,11)(H3,8,9,12);1H3;/q;;-1;. The van der Waals surface area contributed by atoms with Gasteiger partial charge in [0.2, 0.25) is 0 Å². The van der Waals surface area contributed by atoms with E-state index in [1.165, 1.54) is 0 Å². The Balaban J connectivity index is 0. The number of benzene rings is 1. The molecule has 0 fully saturated rings. The molecule has 1 radical (unpaired) electrons. The number of carbonyl (C=O) groups is 3. The summed E-state index contributed by atoms with van der Waals surface area (Å²) in [5.74, 6) is -1.51. The number of aromatic nitrogens is 1. The first-order valence-electron chi connectivity index (χ1n) is 10.5. The molecule has 0 bridgehead atoms. The van der Waals surface area contributed by atoms with E-state index < -0.39 is 18.0 Å². The summed E-state index contributed by atoms with van der Waals surface area (Å²) in [6.45, 7) is 6.64. The van der Waals surface area contributed by atoms with Crippen molar-refractivity contribution in [3.8, 4) is 22.4 Å². The van der Waals surface area contributed by atoms with E-state index in [0.717, 1.165) is 11.3 Å². The third-order valence-corrected chi connectivity index (χ3v) is 5.47. The third kappa shape index (κ3) is 12.5. The number of ether oxygens (including phenoxy) is 1. The normalized spacial score (nSPS) is 10.5. The van der Waals surface area contributed by atoms with E-state index in [2.05, 4.69) is 27.8 Å². The molecule has 1 aromatic heterocycles. The molecular formula is C23H32N5O6SY-. The van der Waals surface area contributed by atoms with Gasteiger partial charge in [0.1, 0.15) is 22.9 Å². The van der Waals surface area contributed by atoms with Crippen LogP contribution in [-0.4, -0.2) is 42.1 Å². The minimum absolute atomic E-state index is 0. The van der Waals surface area contributed by atoms with E-state index in [1.807, 2.05) is 13.8 Å². The van der Waals surface area contributed by atoms with Crippen molar-refractivity contribution in [2.24, 2.45) is 5.92 Å². The number of carboxylic acids is 2. The first kappa shape index (κ1) is 35.7. The number of aryl methyl sites for hydroxylation is 1. The summed E-state index contributed by atoms with van der Waals surface area (Å²) < 4.78 is 5.60. The summed E-state index contributed by atoms with van der Waals surface area (Å²) in [6, 6.07) is 6.18. The Hall–Kier alpha value is -2.43. The molecule has 0 aliphatic heterocycles. The predicted octanol–water partition coefficient (Wildman–Crippen LogP) is -1.09. The molecule has 1 aromatic carbocycles. The van der Waals surface area contributed by atoms with Crippen molar-refractivity contribution in [2.45, 2.75) is 39.7 Å². The van der Waals surface area contributed by atoms with E-state index in [9.17, 15) is 29.9 Å². The first-order valence-corrected chi connectivity index (χ1v) is 11.3. The number of amides is 2. The van der Waals surface area contributed by atoms with Gasteiger partial charge >= 0.3 is 6.03 Å². The Labute approximate surface area is 240 Å². The second kappa shape index (κ2) is 17.9. The van der Waals surface area contributed by atoms with E-state index in [1.54, 1.807) is 25.1 Å². The number of urea groups is 1. The maximum Gasteiger partial charge on any atom is 0.411 e. The summed E-state index contributed by atoms with van der Waals surface area (Å²) in [7, 11) is 0. The molecule has 1 unspecified atom stereocenters. The molecule has 0 spiro atoms. The molecule has 13 heteroatoms. The van der Waals surface area contributed by atoms with Crippen LogP contribution in [0, 0.1) is 31.6 Å². The molecule has 0 aliphatic rings. The summed E-state index contributed by atoms with van der Waals surface area (Å²) in [5, 5.41) is 33.4. The minimum atomic E-state index is -1.24. The van der Waals surface area contributed by atoms with Gasteiger partial charge in [-0.05, 0) is 37.5 Å². The fraction of sp³-hybridized carbons (Fsp3) is 0.391. The zero-order valence-corrected chi connectivity index (χ0v) is 24.6. The molecule has 1 atom stereocenters. The molecule has 2 rings (SSSR count). The second-order valence-electron chi connectivity index (χ2n) is 7.76. The van der Waals surface area contributed by atoms with Gasteiger partial charge in [0.05, 0.1) is 34.7 Å². The van der Waals surface area contributed by atoms with Gasteiger partial charge in [-0.2, -0.15) is 5.26 Å².